The Morgan fingerprint density at radius 1 is 1.44 bits per heavy atom. The molecule has 2 heterocycles. The van der Waals surface area contributed by atoms with Crippen molar-refractivity contribution < 1.29 is 39.1 Å². The highest BCUT2D eigenvalue weighted by molar-refractivity contribution is 6.00. The lowest BCUT2D eigenvalue weighted by atomic mass is 9.50. The highest BCUT2D eigenvalue weighted by Gasteiger charge is 2.87. The van der Waals surface area contributed by atoms with Gasteiger partial charge in [-0.15, -0.1) is 0 Å². The third-order valence-electron chi connectivity index (χ3n) is 6.83. The van der Waals surface area contributed by atoms with Crippen LogP contribution in [0.2, 0.25) is 0 Å². The summed E-state index contributed by atoms with van der Waals surface area (Å²) in [6.45, 7) is 4.11. The molecule has 0 aromatic carbocycles. The molecule has 3 unspecified atom stereocenters. The van der Waals surface area contributed by atoms with E-state index in [1.165, 1.54) is 6.92 Å². The standard InChI is InChI=1S/C17H22O8/c1-7-4-9-16(5-18,12(22)10(7)20)15(3)13(24-8(2)19)11(21)14(25-9)17(15)6-23-17/h4,9,11-14,18,21-22H,5-6H2,1-3H3/t9?,11-,12?,13-,14?,15-,16+,17+/m1/s1. The number of esters is 1. The smallest absolute Gasteiger partial charge is 0.303 e. The fourth-order valence-electron chi connectivity index (χ4n) is 5.37. The number of hydrogen-bond acceptors (Lipinski definition) is 8. The zero-order chi connectivity index (χ0) is 18.4. The first-order chi connectivity index (χ1) is 11.7. The molecular weight excluding hydrogens is 332 g/mol. The summed E-state index contributed by atoms with van der Waals surface area (Å²) in [6.07, 6.45) is -3.87. The number of rotatable bonds is 2. The van der Waals surface area contributed by atoms with Gasteiger partial charge < -0.3 is 29.5 Å². The van der Waals surface area contributed by atoms with Crippen LogP contribution >= 0.6 is 0 Å². The first-order valence-corrected chi connectivity index (χ1v) is 8.33. The molecule has 0 amide bonds. The number of ketones is 1. The van der Waals surface area contributed by atoms with Crippen LogP contribution in [0.3, 0.4) is 0 Å². The van der Waals surface area contributed by atoms with Crippen LogP contribution in [0.4, 0.5) is 0 Å². The van der Waals surface area contributed by atoms with Gasteiger partial charge in [-0.05, 0) is 18.6 Å². The second-order valence-electron chi connectivity index (χ2n) is 7.69. The molecule has 4 rings (SSSR count). The van der Waals surface area contributed by atoms with Crippen molar-refractivity contribution in [3.63, 3.8) is 0 Å². The van der Waals surface area contributed by atoms with Crippen LogP contribution in [0.1, 0.15) is 20.8 Å². The van der Waals surface area contributed by atoms with Crippen molar-refractivity contribution >= 4 is 11.8 Å². The summed E-state index contributed by atoms with van der Waals surface area (Å²) in [6, 6.07) is 0. The topological polar surface area (TPSA) is 126 Å². The van der Waals surface area contributed by atoms with Crippen LogP contribution in [0.15, 0.2) is 11.6 Å². The van der Waals surface area contributed by atoms with Crippen molar-refractivity contribution in [2.24, 2.45) is 10.8 Å². The van der Waals surface area contributed by atoms with Gasteiger partial charge in [-0.3, -0.25) is 9.59 Å². The van der Waals surface area contributed by atoms with E-state index in [0.717, 1.165) is 0 Å². The van der Waals surface area contributed by atoms with E-state index in [1.54, 1.807) is 19.9 Å². The minimum atomic E-state index is -1.57. The van der Waals surface area contributed by atoms with Gasteiger partial charge in [0.25, 0.3) is 0 Å². The van der Waals surface area contributed by atoms with Gasteiger partial charge in [0.05, 0.1) is 30.1 Å². The average Bonchev–Trinajstić information content (AvgIpc) is 3.33. The molecule has 0 radical (unpaired) electrons. The van der Waals surface area contributed by atoms with E-state index in [1.807, 2.05) is 0 Å². The number of ether oxygens (including phenoxy) is 3. The Kier molecular flexibility index (Phi) is 3.35. The number of Topliss-reactive ketones (excluding diaryl/α,β-unsaturated/α-hetero) is 1. The third kappa shape index (κ3) is 1.65. The summed E-state index contributed by atoms with van der Waals surface area (Å²) >= 11 is 0. The van der Waals surface area contributed by atoms with Gasteiger partial charge in [0.2, 0.25) is 0 Å². The van der Waals surface area contributed by atoms with Crippen LogP contribution in [-0.4, -0.2) is 76.4 Å². The van der Waals surface area contributed by atoms with Crippen molar-refractivity contribution in [2.75, 3.05) is 13.2 Å². The summed E-state index contributed by atoms with van der Waals surface area (Å²) in [7, 11) is 0. The normalized spacial score (nSPS) is 53.4. The Morgan fingerprint density at radius 2 is 2.08 bits per heavy atom. The Hall–Kier alpha value is -1.32. The van der Waals surface area contributed by atoms with Crippen LogP contribution in [0.25, 0.3) is 0 Å². The first-order valence-electron chi connectivity index (χ1n) is 8.33. The highest BCUT2D eigenvalue weighted by Crippen LogP contribution is 2.71. The molecule has 8 atom stereocenters. The van der Waals surface area contributed by atoms with Crippen molar-refractivity contribution in [1.82, 2.24) is 0 Å². The van der Waals surface area contributed by atoms with E-state index in [4.69, 9.17) is 14.2 Å². The molecule has 8 heteroatoms. The van der Waals surface area contributed by atoms with Crippen molar-refractivity contribution in [2.45, 2.75) is 56.9 Å². The quantitative estimate of drug-likeness (QED) is 0.413. The van der Waals surface area contributed by atoms with Gasteiger partial charge >= 0.3 is 5.97 Å². The van der Waals surface area contributed by atoms with Gasteiger partial charge in [-0.1, -0.05) is 6.92 Å². The maximum atomic E-state index is 12.5. The van der Waals surface area contributed by atoms with Gasteiger partial charge in [0.15, 0.2) is 5.78 Å². The molecule has 3 fully saturated rings. The molecule has 0 aromatic rings. The number of epoxide rings is 1. The SMILES string of the molecule is CC(=O)O[C@@H]1[C@@H](O)C2OC3C=C(C)C(=O)C(O)[C@@]3(CO)[C@]1(C)[C@]21CO1. The summed E-state index contributed by atoms with van der Waals surface area (Å²) in [5, 5.41) is 32.0. The van der Waals surface area contributed by atoms with Crippen molar-refractivity contribution in [3.8, 4) is 0 Å². The predicted octanol–water partition coefficient (Wildman–Crippen LogP) is -1.30. The lowest BCUT2D eigenvalue weighted by Crippen LogP contribution is -2.72. The number of aliphatic hydroxyl groups excluding tert-OH is 3. The Morgan fingerprint density at radius 3 is 2.60 bits per heavy atom. The van der Waals surface area contributed by atoms with E-state index >= 15 is 0 Å². The minimum absolute atomic E-state index is 0.223. The summed E-state index contributed by atoms with van der Waals surface area (Å²) in [5.41, 5.74) is -3.39. The second kappa shape index (κ2) is 4.89. The summed E-state index contributed by atoms with van der Waals surface area (Å²) in [5.74, 6) is -1.13. The maximum Gasteiger partial charge on any atom is 0.303 e. The lowest BCUT2D eigenvalue weighted by Gasteiger charge is -2.58. The molecule has 138 valence electrons. The zero-order valence-corrected chi connectivity index (χ0v) is 14.3. The van der Waals surface area contributed by atoms with Gasteiger partial charge in [0, 0.05) is 6.92 Å². The predicted molar refractivity (Wildman–Crippen MR) is 81.3 cm³/mol. The molecule has 0 aromatic heterocycles. The summed E-state index contributed by atoms with van der Waals surface area (Å²) in [4.78, 5) is 24.1. The molecule has 2 aliphatic heterocycles. The van der Waals surface area contributed by atoms with E-state index < -0.39 is 65.3 Å². The van der Waals surface area contributed by atoms with Crippen LogP contribution in [0.5, 0.6) is 0 Å². The molecule has 1 spiro atoms. The van der Waals surface area contributed by atoms with Crippen molar-refractivity contribution in [3.05, 3.63) is 11.6 Å². The molecule has 4 aliphatic rings. The monoisotopic (exact) mass is 354 g/mol. The first kappa shape index (κ1) is 17.1. The summed E-state index contributed by atoms with van der Waals surface area (Å²) < 4.78 is 17.1. The van der Waals surface area contributed by atoms with Gasteiger partial charge in [-0.2, -0.15) is 0 Å². The molecule has 1 saturated carbocycles. The van der Waals surface area contributed by atoms with E-state index in [-0.39, 0.29) is 6.61 Å². The molecule has 3 N–H and O–H groups in total. The molecular formula is C17H22O8. The lowest BCUT2D eigenvalue weighted by molar-refractivity contribution is -0.255. The van der Waals surface area contributed by atoms with Crippen LogP contribution in [-0.2, 0) is 23.8 Å². The van der Waals surface area contributed by atoms with Gasteiger partial charge in [-0.25, -0.2) is 0 Å². The maximum absolute atomic E-state index is 12.5. The number of carbonyl (C=O) groups is 2. The number of hydrogen-bond donors (Lipinski definition) is 3. The largest absolute Gasteiger partial charge is 0.459 e. The Labute approximate surface area is 144 Å². The van der Waals surface area contributed by atoms with E-state index in [0.29, 0.717) is 5.57 Å². The van der Waals surface area contributed by atoms with E-state index in [2.05, 4.69) is 0 Å². The van der Waals surface area contributed by atoms with Crippen LogP contribution in [0, 0.1) is 10.8 Å². The average molecular weight is 354 g/mol. The Balaban J connectivity index is 1.96. The van der Waals surface area contributed by atoms with Crippen molar-refractivity contribution in [1.29, 1.82) is 0 Å². The molecule has 8 nitrogen and oxygen atoms in total. The Bertz CT molecular complexity index is 682. The van der Waals surface area contributed by atoms with Gasteiger partial charge in [0.1, 0.15) is 30.0 Å². The number of aliphatic hydroxyl groups is 3. The van der Waals surface area contributed by atoms with Crippen LogP contribution < -0.4 is 0 Å². The molecule has 2 aliphatic carbocycles. The fraction of sp³-hybridized carbons (Fsp3) is 0.765. The zero-order valence-electron chi connectivity index (χ0n) is 14.3. The minimum Gasteiger partial charge on any atom is -0.459 e. The fourth-order valence-corrected chi connectivity index (χ4v) is 5.37. The number of carbonyl (C=O) groups excluding carboxylic acids is 2. The third-order valence-corrected chi connectivity index (χ3v) is 6.83. The second-order valence-corrected chi connectivity index (χ2v) is 7.69. The van der Waals surface area contributed by atoms with E-state index in [9.17, 15) is 24.9 Å². The highest BCUT2D eigenvalue weighted by atomic mass is 16.7. The number of fused-ring (bicyclic) bond motifs is 2. The molecule has 25 heavy (non-hydrogen) atoms. The molecule has 2 bridgehead atoms. The molecule has 2 saturated heterocycles.